The van der Waals surface area contributed by atoms with E-state index >= 15 is 0 Å². The molecule has 0 radical (unpaired) electrons. The van der Waals surface area contributed by atoms with E-state index in [0.29, 0.717) is 24.5 Å². The minimum atomic E-state index is -0.810. The average molecular weight is 488 g/mol. The van der Waals surface area contributed by atoms with Crippen LogP contribution in [0.1, 0.15) is 79.0 Å². The van der Waals surface area contributed by atoms with Gasteiger partial charge in [0.25, 0.3) is 11.8 Å². The summed E-state index contributed by atoms with van der Waals surface area (Å²) < 4.78 is 9.79. The summed E-state index contributed by atoms with van der Waals surface area (Å²) in [6.07, 6.45) is 6.08. The number of hydrogen-bond donors (Lipinski definition) is 3. The molecule has 2 aromatic rings. The van der Waals surface area contributed by atoms with Gasteiger partial charge in [-0.2, -0.15) is 4.37 Å². The molecule has 0 spiro atoms. The van der Waals surface area contributed by atoms with Crippen LogP contribution < -0.4 is 26.4 Å². The number of para-hydroxylation sites is 2. The first-order valence-corrected chi connectivity index (χ1v) is 12.6. The molecule has 1 saturated carbocycles. The van der Waals surface area contributed by atoms with Gasteiger partial charge in [-0.15, -0.1) is 0 Å². The normalized spacial score (nSPS) is 14.5. The molecular weight excluding hydrogens is 454 g/mol. The van der Waals surface area contributed by atoms with Gasteiger partial charge in [0.05, 0.1) is 18.0 Å². The third-order valence-electron chi connectivity index (χ3n) is 5.95. The van der Waals surface area contributed by atoms with Crippen LogP contribution in [0.15, 0.2) is 24.3 Å². The number of anilines is 2. The summed E-state index contributed by atoms with van der Waals surface area (Å²) in [5.74, 6) is -1.06. The molecule has 10 heteroatoms. The Labute approximate surface area is 204 Å². The number of carbonyl (C=O) groups is 3. The van der Waals surface area contributed by atoms with Crippen molar-refractivity contribution in [3.8, 4) is 5.75 Å². The molecule has 1 aromatic carbocycles. The fourth-order valence-electron chi connectivity index (χ4n) is 4.23. The smallest absolute Gasteiger partial charge is 0.272 e. The Morgan fingerprint density at radius 1 is 1.24 bits per heavy atom. The molecule has 1 aliphatic rings. The van der Waals surface area contributed by atoms with Gasteiger partial charge in [-0.3, -0.25) is 19.3 Å². The topological polar surface area (TPSA) is 141 Å². The Balaban J connectivity index is 2.09. The molecule has 1 atom stereocenters. The standard InChI is InChI=1S/C24H33N5O4S/c1-3-5-12-17(23(31)27-15-10-6-7-11-15)29(16-13-8-9-14-18(16)33-4-2)24(32)21-19(25)20(22(26)30)28-34-21/h8-9,13-15,17H,3-7,10-12,25H2,1-2H3,(H2,26,30)(H,27,31). The van der Waals surface area contributed by atoms with Crippen LogP contribution in [0.3, 0.4) is 0 Å². The third-order valence-corrected chi connectivity index (χ3v) is 6.80. The summed E-state index contributed by atoms with van der Waals surface area (Å²) in [5, 5.41) is 3.14. The van der Waals surface area contributed by atoms with Crippen molar-refractivity contribution >= 4 is 40.6 Å². The highest BCUT2D eigenvalue weighted by molar-refractivity contribution is 7.09. The van der Waals surface area contributed by atoms with E-state index in [-0.39, 0.29) is 28.2 Å². The lowest BCUT2D eigenvalue weighted by Gasteiger charge is -2.32. The van der Waals surface area contributed by atoms with E-state index < -0.39 is 17.9 Å². The SMILES string of the molecule is CCCCC(C(=O)NC1CCCC1)N(C(=O)c1snc(C(N)=O)c1N)c1ccccc1OCC. The second-order valence-corrected chi connectivity index (χ2v) is 9.14. The zero-order valence-corrected chi connectivity index (χ0v) is 20.5. The first kappa shape index (κ1) is 25.5. The van der Waals surface area contributed by atoms with Crippen molar-refractivity contribution in [3.05, 3.63) is 34.8 Å². The molecule has 1 aliphatic carbocycles. The van der Waals surface area contributed by atoms with Crippen LogP contribution in [0.2, 0.25) is 0 Å². The molecule has 3 amide bonds. The summed E-state index contributed by atoms with van der Waals surface area (Å²) in [6, 6.07) is 6.42. The van der Waals surface area contributed by atoms with Crippen LogP contribution in [-0.2, 0) is 4.79 Å². The van der Waals surface area contributed by atoms with E-state index in [1.54, 1.807) is 18.2 Å². The van der Waals surface area contributed by atoms with E-state index in [9.17, 15) is 14.4 Å². The van der Waals surface area contributed by atoms with Crippen molar-refractivity contribution in [1.82, 2.24) is 9.69 Å². The fraction of sp³-hybridized carbons (Fsp3) is 0.500. The lowest BCUT2D eigenvalue weighted by atomic mass is 10.0. The number of nitrogens with two attached hydrogens (primary N) is 2. The predicted octanol–water partition coefficient (Wildman–Crippen LogP) is 3.49. The number of rotatable bonds is 11. The summed E-state index contributed by atoms with van der Waals surface area (Å²) in [7, 11) is 0. The van der Waals surface area contributed by atoms with Gasteiger partial charge in [-0.25, -0.2) is 0 Å². The van der Waals surface area contributed by atoms with Gasteiger partial charge in [0.2, 0.25) is 5.91 Å². The minimum absolute atomic E-state index is 0.0651. The molecule has 3 rings (SSSR count). The lowest BCUT2D eigenvalue weighted by molar-refractivity contribution is -0.123. The fourth-order valence-corrected chi connectivity index (χ4v) is 4.98. The molecule has 1 unspecified atom stereocenters. The summed E-state index contributed by atoms with van der Waals surface area (Å²) >= 11 is 0.801. The van der Waals surface area contributed by atoms with Crippen LogP contribution >= 0.6 is 11.5 Å². The highest BCUT2D eigenvalue weighted by atomic mass is 32.1. The number of nitrogens with zero attached hydrogens (tertiary/aromatic N) is 2. The predicted molar refractivity (Wildman–Crippen MR) is 133 cm³/mol. The average Bonchev–Trinajstić information content (AvgIpc) is 3.46. The molecule has 0 saturated heterocycles. The quantitative estimate of drug-likeness (QED) is 0.443. The molecule has 1 heterocycles. The Morgan fingerprint density at radius 2 is 1.94 bits per heavy atom. The van der Waals surface area contributed by atoms with Gasteiger partial charge in [-0.05, 0) is 49.9 Å². The summed E-state index contributed by atoms with van der Waals surface area (Å²) in [6.45, 7) is 4.28. The number of nitrogen functional groups attached to an aromatic ring is 1. The second kappa shape index (κ2) is 11.8. The second-order valence-electron chi connectivity index (χ2n) is 8.36. The molecule has 1 aromatic heterocycles. The highest BCUT2D eigenvalue weighted by Crippen LogP contribution is 2.35. The highest BCUT2D eigenvalue weighted by Gasteiger charge is 2.36. The molecule has 0 bridgehead atoms. The molecule has 1 fully saturated rings. The van der Waals surface area contributed by atoms with E-state index in [0.717, 1.165) is 50.1 Å². The van der Waals surface area contributed by atoms with Gasteiger partial charge in [0, 0.05) is 6.04 Å². The van der Waals surface area contributed by atoms with Crippen molar-refractivity contribution in [2.45, 2.75) is 70.9 Å². The minimum Gasteiger partial charge on any atom is -0.492 e. The van der Waals surface area contributed by atoms with E-state index in [2.05, 4.69) is 9.69 Å². The maximum Gasteiger partial charge on any atom is 0.272 e. The Morgan fingerprint density at radius 3 is 2.56 bits per heavy atom. The summed E-state index contributed by atoms with van der Waals surface area (Å²) in [4.78, 5) is 40.7. The van der Waals surface area contributed by atoms with Crippen LogP contribution in [0, 0.1) is 0 Å². The van der Waals surface area contributed by atoms with Gasteiger partial charge >= 0.3 is 0 Å². The zero-order valence-electron chi connectivity index (χ0n) is 19.7. The first-order chi connectivity index (χ1) is 16.4. The maximum atomic E-state index is 13.9. The molecule has 184 valence electrons. The monoisotopic (exact) mass is 487 g/mol. The van der Waals surface area contributed by atoms with Crippen molar-refractivity contribution in [1.29, 1.82) is 0 Å². The van der Waals surface area contributed by atoms with E-state index in [1.807, 2.05) is 19.9 Å². The Bertz CT molecular complexity index is 1020. The Kier molecular flexibility index (Phi) is 8.86. The molecule has 34 heavy (non-hydrogen) atoms. The maximum absolute atomic E-state index is 13.9. The zero-order chi connectivity index (χ0) is 24.7. The summed E-state index contributed by atoms with van der Waals surface area (Å²) in [5.41, 5.74) is 11.7. The van der Waals surface area contributed by atoms with Gasteiger partial charge in [-0.1, -0.05) is 44.7 Å². The third kappa shape index (κ3) is 5.67. The largest absolute Gasteiger partial charge is 0.492 e. The van der Waals surface area contributed by atoms with Gasteiger partial charge in [0.15, 0.2) is 5.69 Å². The molecular formula is C24H33N5O4S. The number of aromatic nitrogens is 1. The number of ether oxygens (including phenoxy) is 1. The van der Waals surface area contributed by atoms with Crippen LogP contribution in [-0.4, -0.2) is 40.8 Å². The lowest BCUT2D eigenvalue weighted by Crippen LogP contribution is -2.52. The van der Waals surface area contributed by atoms with Crippen LogP contribution in [0.5, 0.6) is 5.75 Å². The number of unbranched alkanes of at least 4 members (excludes halogenated alkanes) is 1. The number of carbonyl (C=O) groups excluding carboxylic acids is 3. The number of benzene rings is 1. The van der Waals surface area contributed by atoms with Crippen molar-refractivity contribution in [2.75, 3.05) is 17.2 Å². The van der Waals surface area contributed by atoms with Gasteiger partial charge < -0.3 is 21.5 Å². The molecule has 0 aliphatic heterocycles. The van der Waals surface area contributed by atoms with Crippen molar-refractivity contribution in [3.63, 3.8) is 0 Å². The van der Waals surface area contributed by atoms with E-state index in [1.165, 1.54) is 4.90 Å². The number of nitrogens with one attached hydrogen (secondary N) is 1. The molecule has 5 N–H and O–H groups in total. The van der Waals surface area contributed by atoms with Crippen LogP contribution in [0.25, 0.3) is 0 Å². The Hall–Kier alpha value is -3.14. The van der Waals surface area contributed by atoms with Crippen molar-refractivity contribution < 1.29 is 19.1 Å². The van der Waals surface area contributed by atoms with Crippen molar-refractivity contribution in [2.24, 2.45) is 5.73 Å². The van der Waals surface area contributed by atoms with Crippen LogP contribution in [0.4, 0.5) is 11.4 Å². The first-order valence-electron chi connectivity index (χ1n) is 11.8. The number of primary amides is 1. The number of hydrogen-bond acceptors (Lipinski definition) is 7. The number of amides is 3. The van der Waals surface area contributed by atoms with E-state index in [4.69, 9.17) is 16.2 Å². The molecule has 9 nitrogen and oxygen atoms in total. The van der Waals surface area contributed by atoms with Gasteiger partial charge in [0.1, 0.15) is 16.7 Å².